The maximum absolute atomic E-state index is 13.2. The van der Waals surface area contributed by atoms with E-state index < -0.39 is 17.5 Å². The minimum atomic E-state index is -1.02. The molecular formula is C13H10F2N2O2. The Hall–Kier alpha value is -2.50. The summed E-state index contributed by atoms with van der Waals surface area (Å²) < 4.78 is 30.9. The Morgan fingerprint density at radius 2 is 2.21 bits per heavy atom. The third kappa shape index (κ3) is 2.67. The molecule has 0 aliphatic heterocycles. The molecule has 0 bridgehead atoms. The molecule has 1 aromatic carbocycles. The van der Waals surface area contributed by atoms with E-state index in [0.29, 0.717) is 0 Å². The van der Waals surface area contributed by atoms with Crippen molar-refractivity contribution >= 4 is 5.91 Å². The normalized spacial score (nSPS) is 10.2. The quantitative estimate of drug-likeness (QED) is 0.863. The molecule has 2 aromatic rings. The summed E-state index contributed by atoms with van der Waals surface area (Å²) in [5, 5.41) is 6.05. The van der Waals surface area contributed by atoms with Crippen molar-refractivity contribution in [2.24, 2.45) is 0 Å². The molecule has 1 heterocycles. The molecule has 1 amide bonds. The van der Waals surface area contributed by atoms with Crippen LogP contribution in [0.1, 0.15) is 10.4 Å². The predicted molar refractivity (Wildman–Crippen MR) is 64.4 cm³/mol. The number of halogens is 2. The van der Waals surface area contributed by atoms with Crippen molar-refractivity contribution in [2.75, 3.05) is 6.54 Å². The second-order valence-electron chi connectivity index (χ2n) is 3.70. The highest BCUT2D eigenvalue weighted by Crippen LogP contribution is 2.25. The van der Waals surface area contributed by atoms with Crippen molar-refractivity contribution in [1.82, 2.24) is 10.5 Å². The molecule has 0 aliphatic carbocycles. The van der Waals surface area contributed by atoms with Crippen LogP contribution in [0.15, 0.2) is 41.6 Å². The van der Waals surface area contributed by atoms with E-state index in [0.717, 1.165) is 12.1 Å². The van der Waals surface area contributed by atoms with Gasteiger partial charge >= 0.3 is 0 Å². The third-order valence-corrected chi connectivity index (χ3v) is 2.40. The average molecular weight is 264 g/mol. The smallest absolute Gasteiger partial charge is 0.257 e. The predicted octanol–water partition coefficient (Wildman–Crippen LogP) is 2.54. The number of nitrogens with one attached hydrogen (secondary N) is 1. The second kappa shape index (κ2) is 5.43. The van der Waals surface area contributed by atoms with Crippen LogP contribution in [-0.4, -0.2) is 17.6 Å². The van der Waals surface area contributed by atoms with E-state index in [4.69, 9.17) is 4.52 Å². The highest BCUT2D eigenvalue weighted by molar-refractivity contribution is 5.99. The van der Waals surface area contributed by atoms with Crippen molar-refractivity contribution in [3.8, 4) is 11.3 Å². The van der Waals surface area contributed by atoms with Gasteiger partial charge in [-0.2, -0.15) is 0 Å². The van der Waals surface area contributed by atoms with Gasteiger partial charge in [-0.3, -0.25) is 4.79 Å². The van der Waals surface area contributed by atoms with Crippen LogP contribution in [0, 0.1) is 11.6 Å². The Labute approximate surface area is 107 Å². The van der Waals surface area contributed by atoms with Crippen LogP contribution in [0.25, 0.3) is 11.3 Å². The molecule has 0 saturated heterocycles. The number of carbonyl (C=O) groups excluding carboxylic acids is 1. The molecule has 0 unspecified atom stereocenters. The summed E-state index contributed by atoms with van der Waals surface area (Å²) in [7, 11) is 0. The van der Waals surface area contributed by atoms with Crippen LogP contribution in [0.4, 0.5) is 8.78 Å². The van der Waals surface area contributed by atoms with Gasteiger partial charge < -0.3 is 9.84 Å². The first-order chi connectivity index (χ1) is 9.13. The molecule has 0 spiro atoms. The van der Waals surface area contributed by atoms with Crippen molar-refractivity contribution < 1.29 is 18.1 Å². The van der Waals surface area contributed by atoms with Gasteiger partial charge in [0.05, 0.1) is 6.20 Å². The molecule has 0 saturated carbocycles. The summed E-state index contributed by atoms with van der Waals surface area (Å²) in [6.07, 6.45) is 2.73. The van der Waals surface area contributed by atoms with Crippen LogP contribution in [0.3, 0.4) is 0 Å². The summed E-state index contributed by atoms with van der Waals surface area (Å²) in [5.41, 5.74) is 0.382. The Balaban J connectivity index is 2.35. The topological polar surface area (TPSA) is 55.1 Å². The fourth-order valence-electron chi connectivity index (χ4n) is 1.51. The lowest BCUT2D eigenvalue weighted by molar-refractivity contribution is 0.0958. The summed E-state index contributed by atoms with van der Waals surface area (Å²) in [6, 6.07) is 3.21. The first-order valence-corrected chi connectivity index (χ1v) is 5.42. The standard InChI is InChI=1S/C13H10F2N2O2/c1-2-5-16-13(18)9-7-17-19-12(9)8-3-4-10(14)11(15)6-8/h2-4,6-7H,1,5H2,(H,16,18). The summed E-state index contributed by atoms with van der Waals surface area (Å²) >= 11 is 0. The number of aromatic nitrogens is 1. The molecule has 1 N–H and O–H groups in total. The number of nitrogens with zero attached hydrogens (tertiary/aromatic N) is 1. The van der Waals surface area contributed by atoms with Crippen LogP contribution >= 0.6 is 0 Å². The van der Waals surface area contributed by atoms with Gasteiger partial charge in [0, 0.05) is 12.1 Å². The van der Waals surface area contributed by atoms with Gasteiger partial charge in [-0.05, 0) is 18.2 Å². The molecule has 0 aliphatic rings. The number of benzene rings is 1. The van der Waals surface area contributed by atoms with E-state index in [1.807, 2.05) is 0 Å². The second-order valence-corrected chi connectivity index (χ2v) is 3.70. The van der Waals surface area contributed by atoms with E-state index in [2.05, 4.69) is 17.1 Å². The van der Waals surface area contributed by atoms with Gasteiger partial charge in [0.2, 0.25) is 0 Å². The lowest BCUT2D eigenvalue weighted by atomic mass is 10.1. The molecule has 0 fully saturated rings. The highest BCUT2D eigenvalue weighted by Gasteiger charge is 2.18. The first kappa shape index (κ1) is 12.9. The number of carbonyl (C=O) groups is 1. The molecular weight excluding hydrogens is 254 g/mol. The zero-order valence-corrected chi connectivity index (χ0v) is 9.82. The van der Waals surface area contributed by atoms with Gasteiger partial charge in [0.15, 0.2) is 17.4 Å². The van der Waals surface area contributed by atoms with E-state index in [-0.39, 0.29) is 23.4 Å². The van der Waals surface area contributed by atoms with Crippen LogP contribution in [0.5, 0.6) is 0 Å². The maximum Gasteiger partial charge on any atom is 0.257 e. The number of hydrogen-bond acceptors (Lipinski definition) is 3. The van der Waals surface area contributed by atoms with E-state index in [1.165, 1.54) is 18.3 Å². The lowest BCUT2D eigenvalue weighted by Crippen LogP contribution is -2.23. The largest absolute Gasteiger partial charge is 0.355 e. The Bertz CT molecular complexity index is 623. The summed E-state index contributed by atoms with van der Waals surface area (Å²) in [5.74, 6) is -2.34. The van der Waals surface area contributed by atoms with Gasteiger partial charge in [0.1, 0.15) is 5.56 Å². The van der Waals surface area contributed by atoms with Crippen molar-refractivity contribution in [3.05, 3.63) is 54.2 Å². The van der Waals surface area contributed by atoms with E-state index in [1.54, 1.807) is 0 Å². The first-order valence-electron chi connectivity index (χ1n) is 5.42. The monoisotopic (exact) mass is 264 g/mol. The van der Waals surface area contributed by atoms with Gasteiger partial charge in [-0.15, -0.1) is 6.58 Å². The average Bonchev–Trinajstić information content (AvgIpc) is 2.88. The minimum Gasteiger partial charge on any atom is -0.355 e. The van der Waals surface area contributed by atoms with Crippen LogP contribution in [0.2, 0.25) is 0 Å². The van der Waals surface area contributed by atoms with E-state index >= 15 is 0 Å². The Kier molecular flexibility index (Phi) is 3.70. The fourth-order valence-corrected chi connectivity index (χ4v) is 1.51. The van der Waals surface area contributed by atoms with Gasteiger partial charge in [0.25, 0.3) is 5.91 Å². The number of hydrogen-bond donors (Lipinski definition) is 1. The summed E-state index contributed by atoms with van der Waals surface area (Å²) in [6.45, 7) is 3.75. The lowest BCUT2D eigenvalue weighted by Gasteiger charge is -2.02. The molecule has 2 rings (SSSR count). The number of amides is 1. The van der Waals surface area contributed by atoms with Crippen molar-refractivity contribution in [3.63, 3.8) is 0 Å². The Morgan fingerprint density at radius 1 is 1.42 bits per heavy atom. The molecule has 6 heteroatoms. The van der Waals surface area contributed by atoms with Crippen molar-refractivity contribution in [2.45, 2.75) is 0 Å². The SMILES string of the molecule is C=CCNC(=O)c1cnoc1-c1ccc(F)c(F)c1. The minimum absolute atomic E-state index is 0.0838. The molecule has 1 aromatic heterocycles. The zero-order chi connectivity index (χ0) is 13.8. The fraction of sp³-hybridized carbons (Fsp3) is 0.0769. The Morgan fingerprint density at radius 3 is 2.89 bits per heavy atom. The zero-order valence-electron chi connectivity index (χ0n) is 9.82. The van der Waals surface area contributed by atoms with E-state index in [9.17, 15) is 13.6 Å². The van der Waals surface area contributed by atoms with Crippen LogP contribution in [-0.2, 0) is 0 Å². The number of rotatable bonds is 4. The molecule has 4 nitrogen and oxygen atoms in total. The molecule has 0 radical (unpaired) electrons. The third-order valence-electron chi connectivity index (χ3n) is 2.40. The molecule has 0 atom stereocenters. The van der Waals surface area contributed by atoms with Crippen LogP contribution < -0.4 is 5.32 Å². The van der Waals surface area contributed by atoms with Gasteiger partial charge in [-0.1, -0.05) is 11.2 Å². The van der Waals surface area contributed by atoms with Gasteiger partial charge in [-0.25, -0.2) is 8.78 Å². The maximum atomic E-state index is 13.2. The molecule has 98 valence electrons. The molecule has 19 heavy (non-hydrogen) atoms. The summed E-state index contributed by atoms with van der Waals surface area (Å²) in [4.78, 5) is 11.8. The highest BCUT2D eigenvalue weighted by atomic mass is 19.2. The van der Waals surface area contributed by atoms with Crippen molar-refractivity contribution in [1.29, 1.82) is 0 Å².